The molecule has 3 heterocycles. The van der Waals surface area contributed by atoms with Crippen LogP contribution in [0, 0.1) is 0 Å². The molecular formula is C14H14ClN5O. The molecule has 0 saturated heterocycles. The van der Waals surface area contributed by atoms with Crippen LogP contribution in [0.15, 0.2) is 36.8 Å². The van der Waals surface area contributed by atoms with Crippen LogP contribution in [0.25, 0.3) is 5.65 Å². The lowest BCUT2D eigenvalue weighted by atomic mass is 10.4. The van der Waals surface area contributed by atoms with E-state index in [4.69, 9.17) is 11.6 Å². The first-order valence-electron chi connectivity index (χ1n) is 6.65. The predicted octanol–water partition coefficient (Wildman–Crippen LogP) is 2.85. The summed E-state index contributed by atoms with van der Waals surface area (Å²) >= 11 is 5.92. The highest BCUT2D eigenvalue weighted by Crippen LogP contribution is 2.13. The molecule has 0 aliphatic heterocycles. The van der Waals surface area contributed by atoms with Gasteiger partial charge in [-0.25, -0.2) is 9.67 Å². The lowest BCUT2D eigenvalue weighted by molar-refractivity contribution is 0.102. The summed E-state index contributed by atoms with van der Waals surface area (Å²) in [6.07, 6.45) is 5.96. The number of pyridine rings is 1. The van der Waals surface area contributed by atoms with Gasteiger partial charge in [-0.1, -0.05) is 18.5 Å². The van der Waals surface area contributed by atoms with Crippen molar-refractivity contribution in [2.24, 2.45) is 0 Å². The highest BCUT2D eigenvalue weighted by molar-refractivity contribution is 6.30. The van der Waals surface area contributed by atoms with Gasteiger partial charge in [-0.05, 0) is 18.6 Å². The summed E-state index contributed by atoms with van der Waals surface area (Å²) in [5.41, 5.74) is 1.01. The van der Waals surface area contributed by atoms with Crippen molar-refractivity contribution in [3.8, 4) is 0 Å². The maximum absolute atomic E-state index is 12.3. The number of amides is 1. The molecule has 3 rings (SSSR count). The van der Waals surface area contributed by atoms with Gasteiger partial charge in [0.1, 0.15) is 17.2 Å². The van der Waals surface area contributed by atoms with Crippen LogP contribution in [0.2, 0.25) is 5.02 Å². The molecule has 0 radical (unpaired) electrons. The van der Waals surface area contributed by atoms with Gasteiger partial charge in [0, 0.05) is 25.0 Å². The van der Waals surface area contributed by atoms with Gasteiger partial charge < -0.3 is 9.72 Å². The zero-order valence-electron chi connectivity index (χ0n) is 11.5. The molecule has 21 heavy (non-hydrogen) atoms. The second-order valence-corrected chi connectivity index (χ2v) is 5.07. The molecule has 1 N–H and O–H groups in total. The Balaban J connectivity index is 1.84. The Morgan fingerprint density at radius 2 is 2.19 bits per heavy atom. The van der Waals surface area contributed by atoms with Crippen LogP contribution in [-0.2, 0) is 6.54 Å². The number of aryl methyl sites for hydroxylation is 1. The van der Waals surface area contributed by atoms with E-state index in [2.05, 4.69) is 22.3 Å². The number of hydrogen-bond acceptors (Lipinski definition) is 3. The minimum absolute atomic E-state index is 0.271. The van der Waals surface area contributed by atoms with Gasteiger partial charge in [0.25, 0.3) is 5.91 Å². The van der Waals surface area contributed by atoms with Crippen LogP contribution in [0.1, 0.15) is 23.8 Å². The third kappa shape index (κ3) is 2.75. The molecule has 0 aromatic carbocycles. The number of carbonyl (C=O) groups is 1. The quantitative estimate of drug-likeness (QED) is 0.806. The zero-order valence-corrected chi connectivity index (χ0v) is 12.2. The summed E-state index contributed by atoms with van der Waals surface area (Å²) in [6.45, 7) is 2.81. The molecule has 0 saturated carbocycles. The fourth-order valence-electron chi connectivity index (χ4n) is 2.08. The molecule has 6 nitrogen and oxygen atoms in total. The summed E-state index contributed by atoms with van der Waals surface area (Å²) in [7, 11) is 0. The molecule has 0 spiro atoms. The van der Waals surface area contributed by atoms with Crippen molar-refractivity contribution in [1.29, 1.82) is 0 Å². The van der Waals surface area contributed by atoms with E-state index in [0.717, 1.165) is 13.0 Å². The van der Waals surface area contributed by atoms with Crippen LogP contribution in [0.4, 0.5) is 5.82 Å². The SMILES string of the molecule is CCCn1nccc1NC(=O)c1cn2cc(Cl)ccc2n1. The van der Waals surface area contributed by atoms with Crippen LogP contribution in [0.5, 0.6) is 0 Å². The van der Waals surface area contributed by atoms with Gasteiger partial charge in [0.05, 0.1) is 11.2 Å². The number of halogens is 1. The normalized spacial score (nSPS) is 11.0. The lowest BCUT2D eigenvalue weighted by Gasteiger charge is -2.06. The number of fused-ring (bicyclic) bond motifs is 1. The summed E-state index contributed by atoms with van der Waals surface area (Å²) in [6, 6.07) is 5.27. The maximum atomic E-state index is 12.3. The van der Waals surface area contributed by atoms with Crippen molar-refractivity contribution >= 4 is 29.0 Å². The van der Waals surface area contributed by atoms with E-state index < -0.39 is 0 Å². The largest absolute Gasteiger partial charge is 0.305 e. The second kappa shape index (κ2) is 5.57. The highest BCUT2D eigenvalue weighted by Gasteiger charge is 2.13. The van der Waals surface area contributed by atoms with Gasteiger partial charge in [0.15, 0.2) is 0 Å². The van der Waals surface area contributed by atoms with Crippen molar-refractivity contribution in [2.75, 3.05) is 5.32 Å². The predicted molar refractivity (Wildman–Crippen MR) is 80.7 cm³/mol. The summed E-state index contributed by atoms with van der Waals surface area (Å²) in [5, 5.41) is 7.58. The Hall–Kier alpha value is -2.34. The molecular weight excluding hydrogens is 290 g/mol. The average molecular weight is 304 g/mol. The molecule has 0 atom stereocenters. The number of nitrogens with one attached hydrogen (secondary N) is 1. The fourth-order valence-corrected chi connectivity index (χ4v) is 2.25. The second-order valence-electron chi connectivity index (χ2n) is 4.63. The maximum Gasteiger partial charge on any atom is 0.277 e. The van der Waals surface area contributed by atoms with Gasteiger partial charge in [-0.15, -0.1) is 0 Å². The Bertz CT molecular complexity index is 792. The number of aromatic nitrogens is 4. The van der Waals surface area contributed by atoms with Crippen LogP contribution < -0.4 is 5.32 Å². The Morgan fingerprint density at radius 1 is 1.33 bits per heavy atom. The first-order valence-corrected chi connectivity index (χ1v) is 7.02. The van der Waals surface area contributed by atoms with E-state index in [-0.39, 0.29) is 5.91 Å². The van der Waals surface area contributed by atoms with E-state index in [1.165, 1.54) is 0 Å². The van der Waals surface area contributed by atoms with Crippen molar-refractivity contribution < 1.29 is 4.79 Å². The first-order chi connectivity index (χ1) is 10.2. The van der Waals surface area contributed by atoms with Crippen molar-refractivity contribution in [1.82, 2.24) is 19.2 Å². The third-order valence-electron chi connectivity index (χ3n) is 3.04. The molecule has 1 amide bonds. The Kier molecular flexibility index (Phi) is 3.62. The van der Waals surface area contributed by atoms with E-state index in [0.29, 0.717) is 22.2 Å². The summed E-state index contributed by atoms with van der Waals surface area (Å²) in [5.74, 6) is 0.393. The topological polar surface area (TPSA) is 64.2 Å². The minimum atomic E-state index is -0.271. The monoisotopic (exact) mass is 303 g/mol. The van der Waals surface area contributed by atoms with Crippen molar-refractivity contribution in [3.63, 3.8) is 0 Å². The zero-order chi connectivity index (χ0) is 14.8. The Labute approximate surface area is 126 Å². The average Bonchev–Trinajstić information content (AvgIpc) is 3.06. The van der Waals surface area contributed by atoms with Crippen molar-refractivity contribution in [2.45, 2.75) is 19.9 Å². The van der Waals surface area contributed by atoms with Gasteiger partial charge in [-0.2, -0.15) is 5.10 Å². The van der Waals surface area contributed by atoms with E-state index in [1.807, 2.05) is 0 Å². The fraction of sp³-hybridized carbons (Fsp3) is 0.214. The number of anilines is 1. The molecule has 3 aromatic heterocycles. The number of carbonyl (C=O) groups excluding carboxylic acids is 1. The molecule has 108 valence electrons. The molecule has 0 aliphatic rings. The van der Waals surface area contributed by atoms with E-state index in [9.17, 15) is 4.79 Å². The summed E-state index contributed by atoms with van der Waals surface area (Å²) < 4.78 is 3.48. The smallest absolute Gasteiger partial charge is 0.277 e. The summed E-state index contributed by atoms with van der Waals surface area (Å²) in [4.78, 5) is 16.5. The van der Waals surface area contributed by atoms with E-state index >= 15 is 0 Å². The van der Waals surface area contributed by atoms with Gasteiger partial charge in [-0.3, -0.25) is 4.79 Å². The standard InChI is InChI=1S/C14H14ClN5O/c1-2-7-20-13(5-6-16-20)18-14(21)11-9-19-8-10(15)3-4-12(19)17-11/h3-6,8-9H,2,7H2,1H3,(H,18,21). The molecule has 0 fully saturated rings. The highest BCUT2D eigenvalue weighted by atomic mass is 35.5. The third-order valence-corrected chi connectivity index (χ3v) is 3.26. The number of imidazole rings is 1. The van der Waals surface area contributed by atoms with Gasteiger partial charge >= 0.3 is 0 Å². The van der Waals surface area contributed by atoms with Crippen molar-refractivity contribution in [3.05, 3.63) is 47.5 Å². The molecule has 0 unspecified atom stereocenters. The number of hydrogen-bond donors (Lipinski definition) is 1. The Morgan fingerprint density at radius 3 is 3.00 bits per heavy atom. The molecule has 0 bridgehead atoms. The minimum Gasteiger partial charge on any atom is -0.305 e. The first kappa shape index (κ1) is 13.6. The molecule has 7 heteroatoms. The number of nitrogens with zero attached hydrogens (tertiary/aromatic N) is 4. The van der Waals surface area contributed by atoms with E-state index in [1.54, 1.807) is 45.9 Å². The molecule has 0 aliphatic carbocycles. The number of rotatable bonds is 4. The van der Waals surface area contributed by atoms with Crippen LogP contribution in [-0.4, -0.2) is 25.1 Å². The van der Waals surface area contributed by atoms with Crippen LogP contribution in [0.3, 0.4) is 0 Å². The molecule has 3 aromatic rings. The van der Waals surface area contributed by atoms with Gasteiger partial charge in [0.2, 0.25) is 0 Å². The van der Waals surface area contributed by atoms with Crippen LogP contribution >= 0.6 is 11.6 Å². The lowest BCUT2D eigenvalue weighted by Crippen LogP contribution is -2.16.